The van der Waals surface area contributed by atoms with Crippen molar-refractivity contribution in [2.75, 3.05) is 32.4 Å². The van der Waals surface area contributed by atoms with Crippen molar-refractivity contribution in [3.8, 4) is 0 Å². The van der Waals surface area contributed by atoms with Crippen LogP contribution in [0.1, 0.15) is 0 Å². The predicted octanol–water partition coefficient (Wildman–Crippen LogP) is -1.41. The molecule has 0 radical (unpaired) electrons. The van der Waals surface area contributed by atoms with Crippen molar-refractivity contribution in [2.45, 2.75) is 5.25 Å². The Balaban J connectivity index is 2.60. The zero-order valence-electron chi connectivity index (χ0n) is 6.63. The molecule has 4 nitrogen and oxygen atoms in total. The second-order valence-corrected chi connectivity index (χ2v) is 5.15. The van der Waals surface area contributed by atoms with Crippen LogP contribution in [-0.4, -0.2) is 46.1 Å². The molecular formula is C6H14N2O2S. The highest BCUT2D eigenvalue weighted by atomic mass is 32.2. The highest BCUT2D eigenvalue weighted by Gasteiger charge is 2.27. The van der Waals surface area contributed by atoms with Crippen LogP contribution in [0.2, 0.25) is 0 Å². The highest BCUT2D eigenvalue weighted by molar-refractivity contribution is 7.92. The molecule has 11 heavy (non-hydrogen) atoms. The molecule has 1 rings (SSSR count). The van der Waals surface area contributed by atoms with Crippen molar-refractivity contribution in [3.63, 3.8) is 0 Å². The van der Waals surface area contributed by atoms with Gasteiger partial charge in [0.05, 0.1) is 11.0 Å². The molecule has 0 saturated carbocycles. The molecule has 66 valence electrons. The van der Waals surface area contributed by atoms with E-state index < -0.39 is 9.84 Å². The van der Waals surface area contributed by atoms with Gasteiger partial charge in [0.1, 0.15) is 0 Å². The number of nitrogens with one attached hydrogen (secondary N) is 2. The molecule has 1 unspecified atom stereocenters. The summed E-state index contributed by atoms with van der Waals surface area (Å²) in [5.41, 5.74) is 0. The second kappa shape index (κ2) is 3.51. The minimum atomic E-state index is -2.81. The summed E-state index contributed by atoms with van der Waals surface area (Å²) >= 11 is 0. The van der Waals surface area contributed by atoms with E-state index in [2.05, 4.69) is 10.6 Å². The molecule has 0 spiro atoms. The number of hydrogen-bond acceptors (Lipinski definition) is 4. The van der Waals surface area contributed by atoms with Crippen LogP contribution in [-0.2, 0) is 9.84 Å². The lowest BCUT2D eigenvalue weighted by atomic mass is 10.4. The molecule has 1 aliphatic heterocycles. The van der Waals surface area contributed by atoms with E-state index in [9.17, 15) is 8.42 Å². The van der Waals surface area contributed by atoms with Gasteiger partial charge in [-0.3, -0.25) is 0 Å². The van der Waals surface area contributed by atoms with Crippen molar-refractivity contribution in [1.82, 2.24) is 10.6 Å². The lowest BCUT2D eigenvalue weighted by Gasteiger charge is -2.22. The van der Waals surface area contributed by atoms with E-state index in [1.807, 2.05) is 0 Å². The Labute approximate surface area is 67.3 Å². The van der Waals surface area contributed by atoms with Crippen LogP contribution in [0.4, 0.5) is 0 Å². The molecule has 0 aliphatic carbocycles. The molecule has 1 atom stereocenters. The van der Waals surface area contributed by atoms with E-state index in [0.29, 0.717) is 19.6 Å². The Hall–Kier alpha value is -0.130. The van der Waals surface area contributed by atoms with Crippen LogP contribution in [0.15, 0.2) is 0 Å². The fourth-order valence-electron chi connectivity index (χ4n) is 1.20. The third-order valence-electron chi connectivity index (χ3n) is 1.88. The SMILES string of the molecule is CNCC1CNCCS1(=O)=O. The number of rotatable bonds is 2. The van der Waals surface area contributed by atoms with Gasteiger partial charge in [-0.1, -0.05) is 0 Å². The molecule has 0 aromatic carbocycles. The summed E-state index contributed by atoms with van der Waals surface area (Å²) in [5.74, 6) is 0.277. The summed E-state index contributed by atoms with van der Waals surface area (Å²) in [7, 11) is -1.04. The summed E-state index contributed by atoms with van der Waals surface area (Å²) in [4.78, 5) is 0. The van der Waals surface area contributed by atoms with Crippen molar-refractivity contribution in [1.29, 1.82) is 0 Å². The Morgan fingerprint density at radius 1 is 1.64 bits per heavy atom. The minimum absolute atomic E-state index is 0.235. The first-order chi connectivity index (χ1) is 5.17. The van der Waals surface area contributed by atoms with Crippen LogP contribution >= 0.6 is 0 Å². The Morgan fingerprint density at radius 2 is 2.36 bits per heavy atom. The van der Waals surface area contributed by atoms with Crippen molar-refractivity contribution < 1.29 is 8.42 Å². The number of hydrogen-bond donors (Lipinski definition) is 2. The van der Waals surface area contributed by atoms with Crippen molar-refractivity contribution >= 4 is 9.84 Å². The largest absolute Gasteiger partial charge is 0.318 e. The molecule has 1 aliphatic rings. The monoisotopic (exact) mass is 178 g/mol. The van der Waals surface area contributed by atoms with Crippen LogP contribution < -0.4 is 10.6 Å². The maximum absolute atomic E-state index is 11.3. The molecule has 1 heterocycles. The maximum Gasteiger partial charge on any atom is 0.156 e. The van der Waals surface area contributed by atoms with Crippen molar-refractivity contribution in [3.05, 3.63) is 0 Å². The van der Waals surface area contributed by atoms with Crippen LogP contribution in [0.3, 0.4) is 0 Å². The predicted molar refractivity (Wildman–Crippen MR) is 44.4 cm³/mol. The van der Waals surface area contributed by atoms with Crippen LogP contribution in [0, 0.1) is 0 Å². The van der Waals surface area contributed by atoms with Crippen LogP contribution in [0.5, 0.6) is 0 Å². The molecule has 1 fully saturated rings. The molecule has 2 N–H and O–H groups in total. The molecule has 0 bridgehead atoms. The van der Waals surface area contributed by atoms with E-state index in [1.165, 1.54) is 0 Å². The third kappa shape index (κ3) is 2.15. The zero-order valence-corrected chi connectivity index (χ0v) is 7.45. The van der Waals surface area contributed by atoms with E-state index in [4.69, 9.17) is 0 Å². The van der Waals surface area contributed by atoms with Crippen LogP contribution in [0.25, 0.3) is 0 Å². The molecule has 5 heteroatoms. The number of sulfone groups is 1. The van der Waals surface area contributed by atoms with Gasteiger partial charge >= 0.3 is 0 Å². The van der Waals surface area contributed by atoms with Gasteiger partial charge in [-0.2, -0.15) is 0 Å². The molecular weight excluding hydrogens is 164 g/mol. The summed E-state index contributed by atoms with van der Waals surface area (Å²) in [5, 5.41) is 5.70. The quantitative estimate of drug-likeness (QED) is 0.545. The van der Waals surface area contributed by atoms with Gasteiger partial charge in [0.15, 0.2) is 9.84 Å². The van der Waals surface area contributed by atoms with Gasteiger partial charge in [-0.05, 0) is 7.05 Å². The Bertz CT molecular complexity index is 211. The first-order valence-electron chi connectivity index (χ1n) is 3.73. The molecule has 0 aromatic heterocycles. The molecule has 0 aromatic rings. The summed E-state index contributed by atoms with van der Waals surface area (Å²) < 4.78 is 22.6. The third-order valence-corrected chi connectivity index (χ3v) is 4.00. The summed E-state index contributed by atoms with van der Waals surface area (Å²) in [6.07, 6.45) is 0. The molecule has 1 saturated heterocycles. The first-order valence-corrected chi connectivity index (χ1v) is 5.45. The normalized spacial score (nSPS) is 30.1. The fraction of sp³-hybridized carbons (Fsp3) is 1.00. The summed E-state index contributed by atoms with van der Waals surface area (Å²) in [6, 6.07) is 0. The van der Waals surface area contributed by atoms with Gasteiger partial charge in [0.2, 0.25) is 0 Å². The zero-order chi connectivity index (χ0) is 8.32. The van der Waals surface area contributed by atoms with E-state index in [-0.39, 0.29) is 11.0 Å². The van der Waals surface area contributed by atoms with E-state index in [0.717, 1.165) is 0 Å². The minimum Gasteiger partial charge on any atom is -0.318 e. The Morgan fingerprint density at radius 3 is 2.91 bits per heavy atom. The average Bonchev–Trinajstić information content (AvgIpc) is 1.94. The van der Waals surface area contributed by atoms with Gasteiger partial charge in [0.25, 0.3) is 0 Å². The fourth-order valence-corrected chi connectivity index (χ4v) is 2.75. The van der Waals surface area contributed by atoms with Gasteiger partial charge in [0, 0.05) is 19.6 Å². The smallest absolute Gasteiger partial charge is 0.156 e. The molecule has 0 amide bonds. The second-order valence-electron chi connectivity index (χ2n) is 2.75. The van der Waals surface area contributed by atoms with Gasteiger partial charge < -0.3 is 10.6 Å². The maximum atomic E-state index is 11.3. The average molecular weight is 178 g/mol. The Kier molecular flexibility index (Phi) is 2.86. The summed E-state index contributed by atoms with van der Waals surface area (Å²) in [6.45, 7) is 1.74. The van der Waals surface area contributed by atoms with Gasteiger partial charge in [-0.25, -0.2) is 8.42 Å². The van der Waals surface area contributed by atoms with Gasteiger partial charge in [-0.15, -0.1) is 0 Å². The highest BCUT2D eigenvalue weighted by Crippen LogP contribution is 2.04. The lowest BCUT2D eigenvalue weighted by molar-refractivity contribution is 0.536. The lowest BCUT2D eigenvalue weighted by Crippen LogP contribution is -2.48. The first kappa shape index (κ1) is 8.96. The van der Waals surface area contributed by atoms with E-state index >= 15 is 0 Å². The standard InChI is InChI=1S/C6H14N2O2S/c1-7-4-6-5-8-2-3-11(6,9)10/h6-8H,2-5H2,1H3. The topological polar surface area (TPSA) is 58.2 Å². The van der Waals surface area contributed by atoms with Crippen molar-refractivity contribution in [2.24, 2.45) is 0 Å². The van der Waals surface area contributed by atoms with E-state index in [1.54, 1.807) is 7.05 Å².